The van der Waals surface area contributed by atoms with Crippen LogP contribution in [0.3, 0.4) is 0 Å². The van der Waals surface area contributed by atoms with Crippen LogP contribution in [0.2, 0.25) is 0 Å². The normalized spacial score (nSPS) is 23.0. The van der Waals surface area contributed by atoms with Crippen molar-refractivity contribution < 1.29 is 17.9 Å². The molecule has 0 N–H and O–H groups in total. The third kappa shape index (κ3) is 5.97. The van der Waals surface area contributed by atoms with E-state index in [-0.39, 0.29) is 18.3 Å². The molecule has 0 aromatic heterocycles. The zero-order valence-electron chi connectivity index (χ0n) is 14.3. The van der Waals surface area contributed by atoms with Crippen LogP contribution in [0.4, 0.5) is 13.2 Å². The van der Waals surface area contributed by atoms with E-state index in [1.807, 2.05) is 6.92 Å². The molecule has 134 valence electrons. The summed E-state index contributed by atoms with van der Waals surface area (Å²) in [7, 11) is 0. The summed E-state index contributed by atoms with van der Waals surface area (Å²) in [4.78, 5) is 0. The summed E-state index contributed by atoms with van der Waals surface area (Å²) in [6.07, 6.45) is 6.57. The van der Waals surface area contributed by atoms with Gasteiger partial charge in [0.1, 0.15) is 11.9 Å². The minimum absolute atomic E-state index is 0.0802. The van der Waals surface area contributed by atoms with Gasteiger partial charge in [0.05, 0.1) is 6.61 Å². The van der Waals surface area contributed by atoms with Gasteiger partial charge in [0, 0.05) is 0 Å². The van der Waals surface area contributed by atoms with Gasteiger partial charge in [-0.05, 0) is 62.1 Å². The molecule has 4 heteroatoms. The lowest BCUT2D eigenvalue weighted by Gasteiger charge is -2.33. The summed E-state index contributed by atoms with van der Waals surface area (Å²) in [6, 6.07) is 5.81. The van der Waals surface area contributed by atoms with Crippen LogP contribution in [-0.4, -0.2) is 12.5 Å². The minimum Gasteiger partial charge on any atom is -0.367 e. The Bertz CT molecular complexity index is 490. The molecule has 0 bridgehead atoms. The Morgan fingerprint density at radius 3 is 2.38 bits per heavy atom. The van der Waals surface area contributed by atoms with Gasteiger partial charge >= 0.3 is 0 Å². The van der Waals surface area contributed by atoms with Crippen LogP contribution in [0.1, 0.15) is 51.0 Å². The van der Waals surface area contributed by atoms with Crippen LogP contribution < -0.4 is 0 Å². The molecule has 0 heterocycles. The van der Waals surface area contributed by atoms with E-state index in [1.165, 1.54) is 12.1 Å². The first-order chi connectivity index (χ1) is 11.6. The predicted octanol–water partition coefficient (Wildman–Crippen LogP) is 6.14. The SMILES string of the molecule is C/C=C/CCC1CCC(C(OCc2ccc(F)cc2)C(F)F)CC1. The van der Waals surface area contributed by atoms with Gasteiger partial charge in [-0.2, -0.15) is 0 Å². The molecule has 1 aliphatic carbocycles. The summed E-state index contributed by atoms with van der Waals surface area (Å²) in [6.45, 7) is 2.12. The number of allylic oxidation sites excluding steroid dienone is 2. The second-order valence-electron chi connectivity index (χ2n) is 6.66. The fraction of sp³-hybridized carbons (Fsp3) is 0.600. The second-order valence-corrected chi connectivity index (χ2v) is 6.66. The monoisotopic (exact) mass is 340 g/mol. The van der Waals surface area contributed by atoms with Crippen LogP contribution >= 0.6 is 0 Å². The maximum Gasteiger partial charge on any atom is 0.264 e. The second kappa shape index (κ2) is 9.87. The molecule has 0 aliphatic heterocycles. The molecule has 1 atom stereocenters. The van der Waals surface area contributed by atoms with E-state index in [4.69, 9.17) is 4.74 Å². The number of alkyl halides is 2. The zero-order valence-corrected chi connectivity index (χ0v) is 14.3. The van der Waals surface area contributed by atoms with Gasteiger partial charge in [0.2, 0.25) is 0 Å². The molecule has 0 amide bonds. The molecule has 1 fully saturated rings. The first-order valence-corrected chi connectivity index (χ1v) is 8.85. The Balaban J connectivity index is 1.81. The lowest BCUT2D eigenvalue weighted by Crippen LogP contribution is -2.34. The van der Waals surface area contributed by atoms with Crippen molar-refractivity contribution in [3.63, 3.8) is 0 Å². The van der Waals surface area contributed by atoms with Gasteiger partial charge < -0.3 is 4.74 Å². The molecular formula is C20H27F3O. The van der Waals surface area contributed by atoms with Gasteiger partial charge in [0.15, 0.2) is 0 Å². The third-order valence-corrected chi connectivity index (χ3v) is 4.94. The maximum absolute atomic E-state index is 13.4. The summed E-state index contributed by atoms with van der Waals surface area (Å²) in [5.41, 5.74) is 0.724. The highest BCUT2D eigenvalue weighted by atomic mass is 19.3. The molecule has 1 aromatic carbocycles. The van der Waals surface area contributed by atoms with Gasteiger partial charge in [-0.1, -0.05) is 37.1 Å². The number of ether oxygens (including phenoxy) is 1. The quantitative estimate of drug-likeness (QED) is 0.517. The van der Waals surface area contributed by atoms with Crippen LogP contribution in [0.15, 0.2) is 36.4 Å². The molecule has 0 saturated heterocycles. The van der Waals surface area contributed by atoms with Crippen molar-refractivity contribution in [2.24, 2.45) is 11.8 Å². The Hall–Kier alpha value is -1.29. The van der Waals surface area contributed by atoms with Crippen molar-refractivity contribution >= 4 is 0 Å². The molecular weight excluding hydrogens is 313 g/mol. The lowest BCUT2D eigenvalue weighted by molar-refractivity contribution is -0.102. The number of benzene rings is 1. The largest absolute Gasteiger partial charge is 0.367 e. The highest BCUT2D eigenvalue weighted by Gasteiger charge is 2.33. The molecule has 24 heavy (non-hydrogen) atoms. The van der Waals surface area contributed by atoms with Crippen LogP contribution in [0, 0.1) is 17.7 Å². The highest BCUT2D eigenvalue weighted by molar-refractivity contribution is 5.15. The standard InChI is InChI=1S/C20H27F3O/c1-2-3-4-5-15-6-10-17(11-7-15)19(20(22)23)24-14-16-8-12-18(21)13-9-16/h2-3,8-9,12-13,15,17,19-20H,4-7,10-11,14H2,1H3/b3-2+. The lowest BCUT2D eigenvalue weighted by atomic mass is 9.77. The smallest absolute Gasteiger partial charge is 0.264 e. The molecule has 1 aliphatic rings. The van der Waals surface area contributed by atoms with Gasteiger partial charge in [-0.15, -0.1) is 0 Å². The number of hydrogen-bond donors (Lipinski definition) is 0. The van der Waals surface area contributed by atoms with Crippen LogP contribution in [0.25, 0.3) is 0 Å². The molecule has 2 rings (SSSR count). The summed E-state index contributed by atoms with van der Waals surface area (Å²) >= 11 is 0. The first-order valence-electron chi connectivity index (χ1n) is 8.85. The number of halogens is 3. The van der Waals surface area contributed by atoms with E-state index in [0.29, 0.717) is 5.92 Å². The van der Waals surface area contributed by atoms with Crippen molar-refractivity contribution in [3.8, 4) is 0 Å². The van der Waals surface area contributed by atoms with E-state index in [9.17, 15) is 13.2 Å². The van der Waals surface area contributed by atoms with Crippen LogP contribution in [-0.2, 0) is 11.3 Å². The molecule has 1 unspecified atom stereocenters. The third-order valence-electron chi connectivity index (χ3n) is 4.94. The van der Waals surface area contributed by atoms with Gasteiger partial charge in [-0.3, -0.25) is 0 Å². The fourth-order valence-corrected chi connectivity index (χ4v) is 3.49. The first kappa shape index (κ1) is 19.0. The Morgan fingerprint density at radius 2 is 1.79 bits per heavy atom. The van der Waals surface area contributed by atoms with Crippen molar-refractivity contribution in [1.29, 1.82) is 0 Å². The fourth-order valence-electron chi connectivity index (χ4n) is 3.49. The van der Waals surface area contributed by atoms with Crippen molar-refractivity contribution in [1.82, 2.24) is 0 Å². The minimum atomic E-state index is -2.48. The number of hydrogen-bond acceptors (Lipinski definition) is 1. The van der Waals surface area contributed by atoms with Crippen molar-refractivity contribution in [3.05, 3.63) is 47.8 Å². The average molecular weight is 340 g/mol. The Kier molecular flexibility index (Phi) is 7.83. The summed E-state index contributed by atoms with van der Waals surface area (Å²) in [5, 5.41) is 0. The molecule has 1 aromatic rings. The average Bonchev–Trinajstić information content (AvgIpc) is 2.58. The van der Waals surface area contributed by atoms with E-state index >= 15 is 0 Å². The molecule has 0 radical (unpaired) electrons. The van der Waals surface area contributed by atoms with Crippen molar-refractivity contribution in [2.45, 2.75) is 64.6 Å². The van der Waals surface area contributed by atoms with E-state index < -0.39 is 12.5 Å². The zero-order chi connectivity index (χ0) is 17.4. The maximum atomic E-state index is 13.4. The Morgan fingerprint density at radius 1 is 1.12 bits per heavy atom. The van der Waals surface area contributed by atoms with E-state index in [1.54, 1.807) is 12.1 Å². The summed E-state index contributed by atoms with van der Waals surface area (Å²) in [5.74, 6) is 0.233. The Labute approximate surface area is 142 Å². The molecule has 1 nitrogen and oxygen atoms in total. The molecule has 0 spiro atoms. The van der Waals surface area contributed by atoms with Crippen LogP contribution in [0.5, 0.6) is 0 Å². The molecule has 1 saturated carbocycles. The van der Waals surface area contributed by atoms with Gasteiger partial charge in [0.25, 0.3) is 6.43 Å². The number of rotatable bonds is 8. The van der Waals surface area contributed by atoms with E-state index in [2.05, 4.69) is 12.2 Å². The van der Waals surface area contributed by atoms with Gasteiger partial charge in [-0.25, -0.2) is 13.2 Å². The topological polar surface area (TPSA) is 9.23 Å². The predicted molar refractivity (Wildman–Crippen MR) is 90.5 cm³/mol. The van der Waals surface area contributed by atoms with Crippen molar-refractivity contribution in [2.75, 3.05) is 0 Å². The summed E-state index contributed by atoms with van der Waals surface area (Å²) < 4.78 is 45.2. The van der Waals surface area contributed by atoms with E-state index in [0.717, 1.165) is 44.1 Å². The highest BCUT2D eigenvalue weighted by Crippen LogP contribution is 2.36.